The van der Waals surface area contributed by atoms with Crippen molar-refractivity contribution in [2.24, 2.45) is 11.8 Å². The van der Waals surface area contributed by atoms with Gasteiger partial charge in [0.2, 0.25) is 5.91 Å². The summed E-state index contributed by atoms with van der Waals surface area (Å²) in [6, 6.07) is 2.20. The third kappa shape index (κ3) is 4.35. The number of carbonyl (C=O) groups excluding carboxylic acids is 1. The second-order valence-electron chi connectivity index (χ2n) is 9.98. The Morgan fingerprint density at radius 3 is 2.33 bits per heavy atom. The van der Waals surface area contributed by atoms with Gasteiger partial charge in [0.25, 0.3) is 0 Å². The van der Waals surface area contributed by atoms with Gasteiger partial charge in [-0.15, -0.1) is 0 Å². The largest absolute Gasteiger partial charge is 0.341 e. The van der Waals surface area contributed by atoms with Crippen LogP contribution < -0.4 is 5.69 Å². The Morgan fingerprint density at radius 1 is 1.09 bits per heavy atom. The van der Waals surface area contributed by atoms with E-state index < -0.39 is 20.5 Å². The Hall–Kier alpha value is -2.20. The number of aromatic nitrogens is 2. The van der Waals surface area contributed by atoms with Crippen molar-refractivity contribution in [3.05, 3.63) is 28.4 Å². The van der Waals surface area contributed by atoms with Crippen LogP contribution in [-0.4, -0.2) is 72.7 Å². The number of imidazole rings is 1. The molecule has 3 heterocycles. The highest BCUT2D eigenvalue weighted by Gasteiger charge is 2.37. The van der Waals surface area contributed by atoms with E-state index in [0.717, 1.165) is 25.4 Å². The molecule has 0 spiro atoms. The first-order valence-corrected chi connectivity index (χ1v) is 13.7. The number of fused-ring (bicyclic) bond motifs is 2. The van der Waals surface area contributed by atoms with E-state index in [2.05, 4.69) is 9.88 Å². The predicted molar refractivity (Wildman–Crippen MR) is 122 cm³/mol. The van der Waals surface area contributed by atoms with Gasteiger partial charge in [-0.05, 0) is 43.6 Å². The number of sulfone groups is 1. The molecule has 0 radical (unpaired) electrons. The lowest BCUT2D eigenvalue weighted by atomic mass is 9.82. The SMILES string of the molecule is CS(=O)(=O)c1cc2[nH]c(=O)n(C3CCN(CC(=O)N4CC5CCCCC5C4)CC3)c2cc1F. The minimum absolute atomic E-state index is 0.129. The molecule has 0 bridgehead atoms. The van der Waals surface area contributed by atoms with E-state index in [1.165, 1.54) is 36.3 Å². The fourth-order valence-electron chi connectivity index (χ4n) is 6.01. The number of carbonyl (C=O) groups is 1. The van der Waals surface area contributed by atoms with E-state index in [1.807, 2.05) is 4.90 Å². The highest BCUT2D eigenvalue weighted by molar-refractivity contribution is 7.90. The van der Waals surface area contributed by atoms with Gasteiger partial charge in [-0.1, -0.05) is 12.8 Å². The van der Waals surface area contributed by atoms with Crippen LogP contribution in [0.4, 0.5) is 4.39 Å². The molecule has 33 heavy (non-hydrogen) atoms. The molecule has 3 aliphatic rings. The van der Waals surface area contributed by atoms with Crippen LogP contribution in [0.25, 0.3) is 11.0 Å². The van der Waals surface area contributed by atoms with Gasteiger partial charge >= 0.3 is 5.69 Å². The van der Waals surface area contributed by atoms with Gasteiger partial charge in [0.05, 0.1) is 17.6 Å². The molecular weight excluding hydrogens is 447 g/mol. The molecule has 1 N–H and O–H groups in total. The number of likely N-dealkylation sites (tertiary alicyclic amines) is 2. The maximum absolute atomic E-state index is 14.5. The average Bonchev–Trinajstić information content (AvgIpc) is 3.33. The van der Waals surface area contributed by atoms with E-state index in [-0.39, 0.29) is 17.6 Å². The number of hydrogen-bond donors (Lipinski definition) is 1. The number of rotatable bonds is 4. The number of nitrogens with zero attached hydrogens (tertiary/aromatic N) is 3. The third-order valence-corrected chi connectivity index (χ3v) is 8.89. The summed E-state index contributed by atoms with van der Waals surface area (Å²) >= 11 is 0. The molecule has 2 unspecified atom stereocenters. The summed E-state index contributed by atoms with van der Waals surface area (Å²) in [4.78, 5) is 31.9. The van der Waals surface area contributed by atoms with Crippen LogP contribution in [0.5, 0.6) is 0 Å². The Labute approximate surface area is 192 Å². The van der Waals surface area contributed by atoms with Crippen molar-refractivity contribution in [3.63, 3.8) is 0 Å². The molecule has 1 aromatic carbocycles. The predicted octanol–water partition coefficient (Wildman–Crippen LogP) is 2.16. The lowest BCUT2D eigenvalue weighted by Gasteiger charge is -2.33. The molecular formula is C23H31FN4O4S. The van der Waals surface area contributed by atoms with E-state index >= 15 is 0 Å². The Balaban J connectivity index is 1.25. The molecule has 1 aliphatic carbocycles. The minimum Gasteiger partial charge on any atom is -0.341 e. The summed E-state index contributed by atoms with van der Waals surface area (Å²) in [6.07, 6.45) is 7.32. The van der Waals surface area contributed by atoms with Crippen LogP contribution in [0, 0.1) is 17.7 Å². The Kier molecular flexibility index (Phi) is 5.84. The zero-order chi connectivity index (χ0) is 23.3. The van der Waals surface area contributed by atoms with E-state index in [0.29, 0.717) is 55.3 Å². The van der Waals surface area contributed by atoms with Gasteiger partial charge in [0.1, 0.15) is 10.7 Å². The number of amides is 1. The number of H-pyrrole nitrogens is 1. The smallest absolute Gasteiger partial charge is 0.326 e. The van der Waals surface area contributed by atoms with Crippen molar-refractivity contribution in [1.82, 2.24) is 19.4 Å². The minimum atomic E-state index is -3.74. The normalized spacial score (nSPS) is 25.0. The second kappa shape index (κ2) is 8.54. The van der Waals surface area contributed by atoms with Crippen LogP contribution in [0.1, 0.15) is 44.6 Å². The molecule has 1 aromatic heterocycles. The number of nitrogens with one attached hydrogen (secondary N) is 1. The first-order chi connectivity index (χ1) is 15.7. The van der Waals surface area contributed by atoms with Gasteiger partial charge in [-0.25, -0.2) is 17.6 Å². The molecule has 10 heteroatoms. The molecule has 2 saturated heterocycles. The fourth-order valence-corrected chi connectivity index (χ4v) is 6.76. The summed E-state index contributed by atoms with van der Waals surface area (Å²) in [5, 5.41) is 0. The molecule has 2 aliphatic heterocycles. The van der Waals surface area contributed by atoms with Crippen molar-refractivity contribution in [2.45, 2.75) is 49.5 Å². The molecule has 5 rings (SSSR count). The molecule has 3 fully saturated rings. The van der Waals surface area contributed by atoms with E-state index in [9.17, 15) is 22.4 Å². The Morgan fingerprint density at radius 2 is 1.73 bits per heavy atom. The maximum Gasteiger partial charge on any atom is 0.326 e. The van der Waals surface area contributed by atoms with Crippen LogP contribution in [-0.2, 0) is 14.6 Å². The molecule has 8 nitrogen and oxygen atoms in total. The molecule has 2 atom stereocenters. The van der Waals surface area contributed by atoms with Gasteiger partial charge in [0.15, 0.2) is 9.84 Å². The van der Waals surface area contributed by atoms with Gasteiger partial charge in [0, 0.05) is 44.5 Å². The zero-order valence-corrected chi connectivity index (χ0v) is 19.7. The first-order valence-electron chi connectivity index (χ1n) is 11.8. The van der Waals surface area contributed by atoms with Crippen LogP contribution >= 0.6 is 0 Å². The number of aromatic amines is 1. The molecule has 1 amide bonds. The standard InChI is InChI=1S/C23H31FN4O4S/c1-33(31,32)21-11-19-20(10-18(21)24)28(23(30)25-19)17-6-8-26(9-7-17)14-22(29)27-12-15-4-2-3-5-16(15)13-27/h10-11,15-17H,2-9,12-14H2,1H3,(H,25,30). The van der Waals surface area contributed by atoms with Crippen molar-refractivity contribution in [3.8, 4) is 0 Å². The van der Waals surface area contributed by atoms with Gasteiger partial charge in [-0.2, -0.15) is 0 Å². The van der Waals surface area contributed by atoms with Crippen LogP contribution in [0.2, 0.25) is 0 Å². The van der Waals surface area contributed by atoms with Crippen molar-refractivity contribution < 1.29 is 17.6 Å². The molecule has 2 aromatic rings. The summed E-state index contributed by atoms with van der Waals surface area (Å²) in [7, 11) is -3.74. The number of benzene rings is 1. The van der Waals surface area contributed by atoms with E-state index in [4.69, 9.17) is 0 Å². The average molecular weight is 479 g/mol. The monoisotopic (exact) mass is 478 g/mol. The van der Waals surface area contributed by atoms with E-state index in [1.54, 1.807) is 0 Å². The van der Waals surface area contributed by atoms with Crippen molar-refractivity contribution in [1.29, 1.82) is 0 Å². The highest BCUT2D eigenvalue weighted by Crippen LogP contribution is 2.36. The van der Waals surface area contributed by atoms with Gasteiger partial charge in [-0.3, -0.25) is 14.3 Å². The lowest BCUT2D eigenvalue weighted by Crippen LogP contribution is -2.43. The second-order valence-corrected chi connectivity index (χ2v) is 12.0. The maximum atomic E-state index is 14.5. The summed E-state index contributed by atoms with van der Waals surface area (Å²) in [5.41, 5.74) is 0.318. The quantitative estimate of drug-likeness (QED) is 0.727. The highest BCUT2D eigenvalue weighted by atomic mass is 32.2. The topological polar surface area (TPSA) is 95.5 Å². The zero-order valence-electron chi connectivity index (χ0n) is 18.9. The molecule has 180 valence electrons. The fraction of sp³-hybridized carbons (Fsp3) is 0.652. The number of halogens is 1. The molecule has 1 saturated carbocycles. The van der Waals surface area contributed by atoms with Crippen LogP contribution in [0.3, 0.4) is 0 Å². The van der Waals surface area contributed by atoms with Crippen molar-refractivity contribution in [2.75, 3.05) is 39.0 Å². The van der Waals surface area contributed by atoms with Crippen molar-refractivity contribution >= 4 is 26.8 Å². The first kappa shape index (κ1) is 22.6. The third-order valence-electron chi connectivity index (χ3n) is 7.78. The Bertz CT molecular complexity index is 1220. The van der Waals surface area contributed by atoms with Crippen LogP contribution in [0.15, 0.2) is 21.8 Å². The number of hydrogen-bond acceptors (Lipinski definition) is 5. The summed E-state index contributed by atoms with van der Waals surface area (Å²) in [6.45, 7) is 3.55. The lowest BCUT2D eigenvalue weighted by molar-refractivity contribution is -0.132. The van der Waals surface area contributed by atoms with Gasteiger partial charge < -0.3 is 9.88 Å². The summed E-state index contributed by atoms with van der Waals surface area (Å²) < 4.78 is 39.6. The summed E-state index contributed by atoms with van der Waals surface area (Å²) in [5.74, 6) is 0.686. The number of piperidine rings is 1.